The minimum atomic E-state index is 0. The highest BCUT2D eigenvalue weighted by molar-refractivity contribution is 4.63. The molecule has 41 heavy (non-hydrogen) atoms. The first kappa shape index (κ1) is 41.4. The van der Waals surface area contributed by atoms with E-state index in [1.807, 2.05) is 4.90 Å². The Kier molecular flexibility index (Phi) is 35.3. The molecule has 2 atom stereocenters. The largest absolute Gasteiger partial charge is 1.00 e. The second-order valence-corrected chi connectivity index (χ2v) is 14.2. The third-order valence-corrected chi connectivity index (χ3v) is 10.1. The summed E-state index contributed by atoms with van der Waals surface area (Å²) in [6.07, 6.45) is 49.0. The van der Waals surface area contributed by atoms with Crippen LogP contribution in [-0.2, 0) is 0 Å². The van der Waals surface area contributed by atoms with Crippen molar-refractivity contribution in [3.8, 4) is 0 Å². The van der Waals surface area contributed by atoms with Crippen molar-refractivity contribution in [3.05, 3.63) is 0 Å². The molecule has 0 aromatic carbocycles. The van der Waals surface area contributed by atoms with E-state index in [1.165, 1.54) is 232 Å². The lowest BCUT2D eigenvalue weighted by molar-refractivity contribution is -0.909. The monoisotopic (exact) mass is 642 g/mol. The Morgan fingerprint density at radius 1 is 0.415 bits per heavy atom. The van der Waals surface area contributed by atoms with Crippen LogP contribution in [0.4, 0.5) is 0 Å². The highest BCUT2D eigenvalue weighted by Gasteiger charge is 2.22. The molecule has 0 aromatic rings. The van der Waals surface area contributed by atoms with Crippen LogP contribution in [0.1, 0.15) is 226 Å². The predicted molar refractivity (Wildman–Crippen MR) is 183 cm³/mol. The van der Waals surface area contributed by atoms with Crippen molar-refractivity contribution >= 4 is 0 Å². The fourth-order valence-electron chi connectivity index (χ4n) is 7.28. The van der Waals surface area contributed by atoms with Crippen LogP contribution < -0.4 is 21.9 Å². The fraction of sp³-hybridized carbons (Fsp3) is 1.00. The summed E-state index contributed by atoms with van der Waals surface area (Å²) >= 11 is 0. The normalized spacial score (nSPS) is 17.1. The molecule has 0 saturated carbocycles. The van der Waals surface area contributed by atoms with Gasteiger partial charge in [0.1, 0.15) is 0 Å². The SMILES string of the molecule is CCCCCCCCCCCCCCCCCC1CCC[NH+](CCCCCCCCCCCCCCCCC)C1.[Br-]. The third-order valence-electron chi connectivity index (χ3n) is 10.1. The summed E-state index contributed by atoms with van der Waals surface area (Å²) in [5.74, 6) is 1.04. The van der Waals surface area contributed by atoms with Gasteiger partial charge < -0.3 is 21.9 Å². The van der Waals surface area contributed by atoms with Crippen LogP contribution in [-0.4, -0.2) is 19.6 Å². The van der Waals surface area contributed by atoms with Gasteiger partial charge in [-0.1, -0.05) is 194 Å². The van der Waals surface area contributed by atoms with Crippen molar-refractivity contribution < 1.29 is 21.9 Å². The topological polar surface area (TPSA) is 4.44 Å². The molecule has 2 unspecified atom stereocenters. The van der Waals surface area contributed by atoms with Crippen LogP contribution >= 0.6 is 0 Å². The number of halogens is 1. The van der Waals surface area contributed by atoms with Crippen LogP contribution in [0.15, 0.2) is 0 Å². The van der Waals surface area contributed by atoms with E-state index < -0.39 is 0 Å². The quantitative estimate of drug-likeness (QED) is 0.0698. The van der Waals surface area contributed by atoms with Gasteiger partial charge in [0.05, 0.1) is 19.6 Å². The summed E-state index contributed by atoms with van der Waals surface area (Å²) in [5.41, 5.74) is 0. The Morgan fingerprint density at radius 3 is 1.10 bits per heavy atom. The summed E-state index contributed by atoms with van der Waals surface area (Å²) < 4.78 is 0. The molecule has 0 amide bonds. The molecule has 0 radical (unpaired) electrons. The van der Waals surface area contributed by atoms with E-state index in [2.05, 4.69) is 13.8 Å². The molecule has 0 bridgehead atoms. The van der Waals surface area contributed by atoms with E-state index >= 15 is 0 Å². The third kappa shape index (κ3) is 30.3. The molecule has 1 nitrogen and oxygen atoms in total. The highest BCUT2D eigenvalue weighted by atomic mass is 79.9. The molecule has 1 aliphatic rings. The van der Waals surface area contributed by atoms with Crippen molar-refractivity contribution in [1.82, 2.24) is 0 Å². The molecule has 1 fully saturated rings. The van der Waals surface area contributed by atoms with E-state index in [4.69, 9.17) is 0 Å². The first-order chi connectivity index (χ1) is 19.9. The van der Waals surface area contributed by atoms with Crippen molar-refractivity contribution in [3.63, 3.8) is 0 Å². The maximum atomic E-state index is 2.31. The van der Waals surface area contributed by atoms with Gasteiger partial charge in [-0.3, -0.25) is 0 Å². The molecule has 0 spiro atoms. The Balaban J connectivity index is 0.0000160. The van der Waals surface area contributed by atoms with E-state index in [-0.39, 0.29) is 17.0 Å². The van der Waals surface area contributed by atoms with Gasteiger partial charge in [0.25, 0.3) is 0 Å². The molecule has 248 valence electrons. The molecular formula is C39H80BrN. The number of rotatable bonds is 32. The van der Waals surface area contributed by atoms with E-state index in [9.17, 15) is 0 Å². The second-order valence-electron chi connectivity index (χ2n) is 14.2. The van der Waals surface area contributed by atoms with Gasteiger partial charge >= 0.3 is 0 Å². The van der Waals surface area contributed by atoms with Crippen molar-refractivity contribution in [1.29, 1.82) is 0 Å². The molecule has 0 aliphatic carbocycles. The average molecular weight is 643 g/mol. The Morgan fingerprint density at radius 2 is 0.732 bits per heavy atom. The number of hydrogen-bond donors (Lipinski definition) is 1. The average Bonchev–Trinajstić information content (AvgIpc) is 2.97. The van der Waals surface area contributed by atoms with Crippen LogP contribution in [0, 0.1) is 5.92 Å². The van der Waals surface area contributed by atoms with E-state index in [0.29, 0.717) is 0 Å². The van der Waals surface area contributed by atoms with Gasteiger partial charge in [0.15, 0.2) is 0 Å². The lowest BCUT2D eigenvalue weighted by Gasteiger charge is -2.30. The van der Waals surface area contributed by atoms with Crippen LogP contribution in [0.3, 0.4) is 0 Å². The Hall–Kier alpha value is 0.440. The van der Waals surface area contributed by atoms with Gasteiger partial charge in [-0.25, -0.2) is 0 Å². The zero-order valence-electron chi connectivity index (χ0n) is 28.9. The van der Waals surface area contributed by atoms with Crippen molar-refractivity contribution in [2.45, 2.75) is 226 Å². The molecule has 1 heterocycles. The molecule has 1 N–H and O–H groups in total. The molecule has 1 saturated heterocycles. The van der Waals surface area contributed by atoms with Crippen LogP contribution in [0.5, 0.6) is 0 Å². The number of piperidine rings is 1. The lowest BCUT2D eigenvalue weighted by Crippen LogP contribution is -3.13. The number of quaternary nitrogens is 1. The zero-order valence-corrected chi connectivity index (χ0v) is 30.5. The lowest BCUT2D eigenvalue weighted by atomic mass is 9.92. The van der Waals surface area contributed by atoms with Gasteiger partial charge in [-0.2, -0.15) is 0 Å². The van der Waals surface area contributed by atoms with Crippen molar-refractivity contribution in [2.75, 3.05) is 19.6 Å². The van der Waals surface area contributed by atoms with Gasteiger partial charge in [-0.05, 0) is 32.1 Å². The first-order valence-electron chi connectivity index (χ1n) is 19.7. The minimum absolute atomic E-state index is 0. The summed E-state index contributed by atoms with van der Waals surface area (Å²) in [6.45, 7) is 9.05. The number of unbranched alkanes of at least 4 members (excludes halogenated alkanes) is 28. The number of likely N-dealkylation sites (tertiary alicyclic amines) is 1. The van der Waals surface area contributed by atoms with Gasteiger partial charge in [0.2, 0.25) is 0 Å². The highest BCUT2D eigenvalue weighted by Crippen LogP contribution is 2.18. The zero-order chi connectivity index (χ0) is 28.6. The fourth-order valence-corrected chi connectivity index (χ4v) is 7.28. The second kappa shape index (κ2) is 34.9. The standard InChI is InChI=1S/C39H79N.BrH/c1-3-5-7-9-11-13-15-17-19-21-23-25-27-29-31-34-39-35-33-37-40(38-39)36-32-30-28-26-24-22-20-18-16-14-12-10-8-6-4-2;/h39H,3-38H2,1-2H3;1H. The summed E-state index contributed by atoms with van der Waals surface area (Å²) in [5, 5.41) is 0. The predicted octanol–water partition coefficient (Wildman–Crippen LogP) is 9.42. The smallest absolute Gasteiger partial charge is 0.0799 e. The number of hydrogen-bond acceptors (Lipinski definition) is 0. The molecule has 2 heteroatoms. The Bertz CT molecular complexity index is 426. The van der Waals surface area contributed by atoms with Crippen LogP contribution in [0.2, 0.25) is 0 Å². The number of nitrogens with one attached hydrogen (secondary N) is 1. The summed E-state index contributed by atoms with van der Waals surface area (Å²) in [4.78, 5) is 1.95. The maximum Gasteiger partial charge on any atom is 0.0799 e. The Labute approximate surface area is 272 Å². The maximum absolute atomic E-state index is 2.31. The molecule has 1 rings (SSSR count). The van der Waals surface area contributed by atoms with Gasteiger partial charge in [-0.15, -0.1) is 0 Å². The summed E-state index contributed by atoms with van der Waals surface area (Å²) in [6, 6.07) is 0. The molecular weight excluding hydrogens is 562 g/mol. The van der Waals surface area contributed by atoms with E-state index in [0.717, 1.165) is 5.92 Å². The molecule has 0 aromatic heterocycles. The minimum Gasteiger partial charge on any atom is -1.00 e. The van der Waals surface area contributed by atoms with Gasteiger partial charge in [0, 0.05) is 5.92 Å². The van der Waals surface area contributed by atoms with Crippen molar-refractivity contribution in [2.24, 2.45) is 5.92 Å². The van der Waals surface area contributed by atoms with Crippen LogP contribution in [0.25, 0.3) is 0 Å². The summed E-state index contributed by atoms with van der Waals surface area (Å²) in [7, 11) is 0. The first-order valence-corrected chi connectivity index (χ1v) is 19.7. The van der Waals surface area contributed by atoms with E-state index in [1.54, 1.807) is 0 Å². The molecule has 1 aliphatic heterocycles.